The zero-order valence-corrected chi connectivity index (χ0v) is 11.1. The van der Waals surface area contributed by atoms with E-state index in [-0.39, 0.29) is 5.91 Å². The van der Waals surface area contributed by atoms with Gasteiger partial charge >= 0.3 is 0 Å². The molecule has 2 aliphatic heterocycles. The summed E-state index contributed by atoms with van der Waals surface area (Å²) < 4.78 is 10.6. The minimum Gasteiger partial charge on any atom is -0.381 e. The Labute approximate surface area is 108 Å². The molecule has 5 heteroatoms. The molecule has 2 rings (SSSR count). The zero-order valence-electron chi connectivity index (χ0n) is 11.1. The van der Waals surface area contributed by atoms with Crippen molar-refractivity contribution < 1.29 is 19.4 Å². The molecular formula is C13H23NO4. The summed E-state index contributed by atoms with van der Waals surface area (Å²) in [7, 11) is 1.77. The van der Waals surface area contributed by atoms with Crippen LogP contribution in [0.5, 0.6) is 0 Å². The summed E-state index contributed by atoms with van der Waals surface area (Å²) in [5.74, 6) is 0.229. The lowest BCUT2D eigenvalue weighted by atomic mass is 9.92. The number of likely N-dealkylation sites (N-methyl/N-ethyl adjacent to an activating group) is 1. The van der Waals surface area contributed by atoms with Gasteiger partial charge in [-0.05, 0) is 18.8 Å². The fourth-order valence-electron chi connectivity index (χ4n) is 2.70. The number of rotatable bonds is 3. The van der Waals surface area contributed by atoms with Gasteiger partial charge in [0.1, 0.15) is 5.60 Å². The van der Waals surface area contributed by atoms with Crippen molar-refractivity contribution in [1.82, 2.24) is 4.90 Å². The van der Waals surface area contributed by atoms with Crippen LogP contribution in [-0.2, 0) is 14.3 Å². The predicted octanol–water partition coefficient (Wildman–Crippen LogP) is 0.413. The van der Waals surface area contributed by atoms with Crippen molar-refractivity contribution >= 4 is 5.91 Å². The molecule has 0 bridgehead atoms. The highest BCUT2D eigenvalue weighted by Crippen LogP contribution is 2.24. The molecule has 2 heterocycles. The van der Waals surface area contributed by atoms with Crippen LogP contribution < -0.4 is 0 Å². The molecule has 0 aliphatic carbocycles. The van der Waals surface area contributed by atoms with Gasteiger partial charge in [0.05, 0.1) is 6.61 Å². The third kappa shape index (κ3) is 3.22. The van der Waals surface area contributed by atoms with Gasteiger partial charge in [0, 0.05) is 46.3 Å². The van der Waals surface area contributed by atoms with Gasteiger partial charge < -0.3 is 19.5 Å². The highest BCUT2D eigenvalue weighted by molar-refractivity contribution is 5.84. The molecule has 0 saturated carbocycles. The van der Waals surface area contributed by atoms with Gasteiger partial charge in [-0.3, -0.25) is 4.79 Å². The molecule has 0 aromatic heterocycles. The van der Waals surface area contributed by atoms with Gasteiger partial charge in [-0.1, -0.05) is 0 Å². The number of carbonyl (C=O) groups is 1. The summed E-state index contributed by atoms with van der Waals surface area (Å²) in [6.45, 7) is 3.14. The van der Waals surface area contributed by atoms with E-state index in [0.717, 1.165) is 26.1 Å². The van der Waals surface area contributed by atoms with Crippen LogP contribution in [0.3, 0.4) is 0 Å². The van der Waals surface area contributed by atoms with Crippen molar-refractivity contribution in [2.75, 3.05) is 40.0 Å². The minimum atomic E-state index is -1.22. The maximum Gasteiger partial charge on any atom is 0.254 e. The van der Waals surface area contributed by atoms with Gasteiger partial charge in [-0.25, -0.2) is 0 Å². The monoisotopic (exact) mass is 257 g/mol. The van der Waals surface area contributed by atoms with Crippen LogP contribution in [0.15, 0.2) is 0 Å². The Morgan fingerprint density at radius 2 is 2.06 bits per heavy atom. The first kappa shape index (κ1) is 13.8. The number of amides is 1. The Hall–Kier alpha value is -0.650. The van der Waals surface area contributed by atoms with E-state index in [1.165, 1.54) is 0 Å². The second-order valence-electron chi connectivity index (χ2n) is 5.41. The second kappa shape index (κ2) is 5.99. The third-order valence-corrected chi connectivity index (χ3v) is 3.85. The highest BCUT2D eigenvalue weighted by Gasteiger charge is 2.40. The molecule has 2 aliphatic rings. The average Bonchev–Trinajstić information content (AvgIpc) is 2.40. The van der Waals surface area contributed by atoms with Crippen molar-refractivity contribution in [2.24, 2.45) is 5.92 Å². The number of hydrogen-bond acceptors (Lipinski definition) is 4. The number of carbonyl (C=O) groups excluding carboxylic acids is 1. The van der Waals surface area contributed by atoms with E-state index in [1.54, 1.807) is 11.9 Å². The molecule has 5 nitrogen and oxygen atoms in total. The molecule has 0 spiro atoms. The van der Waals surface area contributed by atoms with Gasteiger partial charge in [0.25, 0.3) is 5.91 Å². The first-order valence-corrected chi connectivity index (χ1v) is 6.75. The van der Waals surface area contributed by atoms with Crippen LogP contribution in [0.2, 0.25) is 0 Å². The molecule has 1 unspecified atom stereocenters. The lowest BCUT2D eigenvalue weighted by Crippen LogP contribution is -2.52. The Kier molecular flexibility index (Phi) is 4.59. The summed E-state index contributed by atoms with van der Waals surface area (Å²) >= 11 is 0. The number of ether oxygens (including phenoxy) is 2. The lowest BCUT2D eigenvalue weighted by molar-refractivity contribution is -0.160. The topological polar surface area (TPSA) is 59.0 Å². The van der Waals surface area contributed by atoms with Crippen LogP contribution in [0.25, 0.3) is 0 Å². The summed E-state index contributed by atoms with van der Waals surface area (Å²) in [4.78, 5) is 13.9. The summed E-state index contributed by atoms with van der Waals surface area (Å²) in [5.41, 5.74) is -1.22. The van der Waals surface area contributed by atoms with Gasteiger partial charge in [0.2, 0.25) is 0 Å². The van der Waals surface area contributed by atoms with Crippen LogP contribution in [0, 0.1) is 5.92 Å². The van der Waals surface area contributed by atoms with Gasteiger partial charge in [0.15, 0.2) is 0 Å². The van der Waals surface area contributed by atoms with E-state index in [4.69, 9.17) is 9.47 Å². The fraction of sp³-hybridized carbons (Fsp3) is 0.923. The van der Waals surface area contributed by atoms with Crippen LogP contribution >= 0.6 is 0 Å². The van der Waals surface area contributed by atoms with Gasteiger partial charge in [-0.2, -0.15) is 0 Å². The largest absolute Gasteiger partial charge is 0.381 e. The van der Waals surface area contributed by atoms with E-state index in [1.807, 2.05) is 0 Å². The normalized spacial score (nSPS) is 27.8. The molecule has 1 N–H and O–H groups in total. The summed E-state index contributed by atoms with van der Waals surface area (Å²) in [5, 5.41) is 10.3. The smallest absolute Gasteiger partial charge is 0.254 e. The Morgan fingerprint density at radius 1 is 1.33 bits per heavy atom. The van der Waals surface area contributed by atoms with Crippen molar-refractivity contribution in [2.45, 2.75) is 31.3 Å². The molecule has 2 fully saturated rings. The minimum absolute atomic E-state index is 0.170. The Balaban J connectivity index is 1.86. The van der Waals surface area contributed by atoms with Crippen LogP contribution in [0.4, 0.5) is 0 Å². The predicted molar refractivity (Wildman–Crippen MR) is 66.2 cm³/mol. The van der Waals surface area contributed by atoms with E-state index < -0.39 is 5.60 Å². The summed E-state index contributed by atoms with van der Waals surface area (Å²) in [6, 6.07) is 0. The molecule has 18 heavy (non-hydrogen) atoms. The molecule has 104 valence electrons. The van der Waals surface area contributed by atoms with Crippen LogP contribution in [0.1, 0.15) is 25.7 Å². The maximum absolute atomic E-state index is 12.3. The highest BCUT2D eigenvalue weighted by atomic mass is 16.5. The molecule has 0 radical (unpaired) electrons. The number of nitrogens with zero attached hydrogens (tertiary/aromatic N) is 1. The van der Waals surface area contributed by atoms with E-state index in [9.17, 15) is 9.90 Å². The van der Waals surface area contributed by atoms with Crippen molar-refractivity contribution in [3.8, 4) is 0 Å². The Morgan fingerprint density at radius 3 is 2.67 bits per heavy atom. The molecule has 2 saturated heterocycles. The van der Waals surface area contributed by atoms with Crippen molar-refractivity contribution in [3.63, 3.8) is 0 Å². The Bertz CT molecular complexity index is 283. The molecule has 1 amide bonds. The molecule has 0 aromatic rings. The summed E-state index contributed by atoms with van der Waals surface area (Å²) in [6.07, 6.45) is 2.96. The molecule has 1 atom stereocenters. The fourth-order valence-corrected chi connectivity index (χ4v) is 2.70. The van der Waals surface area contributed by atoms with Crippen molar-refractivity contribution in [1.29, 1.82) is 0 Å². The first-order chi connectivity index (χ1) is 8.62. The second-order valence-corrected chi connectivity index (χ2v) is 5.41. The first-order valence-electron chi connectivity index (χ1n) is 6.75. The van der Waals surface area contributed by atoms with E-state index in [2.05, 4.69) is 0 Å². The zero-order chi connectivity index (χ0) is 13.0. The van der Waals surface area contributed by atoms with E-state index >= 15 is 0 Å². The number of aliphatic hydroxyl groups is 1. The standard InChI is InChI=1S/C13H23NO4/c1-14(9-11-3-2-6-18-10-11)12(15)13(16)4-7-17-8-5-13/h11,16H,2-10H2,1H3. The van der Waals surface area contributed by atoms with Crippen LogP contribution in [-0.4, -0.2) is 61.5 Å². The van der Waals surface area contributed by atoms with E-state index in [0.29, 0.717) is 38.5 Å². The quantitative estimate of drug-likeness (QED) is 0.795. The molecular weight excluding hydrogens is 234 g/mol. The molecule has 0 aromatic carbocycles. The van der Waals surface area contributed by atoms with Gasteiger partial charge in [-0.15, -0.1) is 0 Å². The SMILES string of the molecule is CN(CC1CCCOC1)C(=O)C1(O)CCOCC1. The third-order valence-electron chi connectivity index (χ3n) is 3.85. The van der Waals surface area contributed by atoms with Crippen molar-refractivity contribution in [3.05, 3.63) is 0 Å². The maximum atomic E-state index is 12.3. The lowest BCUT2D eigenvalue weighted by Gasteiger charge is -2.36. The number of hydrogen-bond donors (Lipinski definition) is 1. The average molecular weight is 257 g/mol.